The van der Waals surface area contributed by atoms with Gasteiger partial charge in [0.2, 0.25) is 0 Å². The quantitative estimate of drug-likeness (QED) is 0.889. The molecular formula is C13H22N2S2. The fraction of sp³-hybridized carbons (Fsp3) is 0.769. The minimum Gasteiger partial charge on any atom is -0.327 e. The van der Waals surface area contributed by atoms with Crippen LogP contribution < -0.4 is 5.73 Å². The lowest BCUT2D eigenvalue weighted by atomic mass is 9.71. The standard InChI is InChI=1S/C13H22N2S2/c1-13(2,3)9-4-5-10(14)11(8-9)17-12-15-6-7-16-12/h6-7,9-11H,4-5,8,14H2,1-3H3. The van der Waals surface area contributed by atoms with Gasteiger partial charge in [-0.25, -0.2) is 4.98 Å². The lowest BCUT2D eigenvalue weighted by Gasteiger charge is -2.40. The molecule has 4 heteroatoms. The van der Waals surface area contributed by atoms with Crippen LogP contribution in [-0.4, -0.2) is 16.3 Å². The maximum Gasteiger partial charge on any atom is 0.150 e. The fourth-order valence-electron chi connectivity index (χ4n) is 2.47. The molecule has 0 amide bonds. The number of hydrogen-bond donors (Lipinski definition) is 1. The Hall–Kier alpha value is -0.0600. The molecule has 1 fully saturated rings. The number of aromatic nitrogens is 1. The van der Waals surface area contributed by atoms with Crippen LogP contribution in [0.2, 0.25) is 0 Å². The van der Waals surface area contributed by atoms with E-state index in [1.54, 1.807) is 11.3 Å². The Morgan fingerprint density at radius 1 is 1.41 bits per heavy atom. The Bertz CT molecular complexity index is 343. The molecule has 0 radical (unpaired) electrons. The Balaban J connectivity index is 2.00. The first-order valence-electron chi connectivity index (χ1n) is 6.28. The summed E-state index contributed by atoms with van der Waals surface area (Å²) in [6, 6.07) is 0.336. The van der Waals surface area contributed by atoms with Crippen LogP contribution in [0, 0.1) is 11.3 Å². The van der Waals surface area contributed by atoms with Gasteiger partial charge in [-0.2, -0.15) is 0 Å². The minimum absolute atomic E-state index is 0.336. The van der Waals surface area contributed by atoms with Gasteiger partial charge in [0.1, 0.15) is 4.34 Å². The SMILES string of the molecule is CC(C)(C)C1CCC(N)C(Sc2nccs2)C1. The molecule has 2 N–H and O–H groups in total. The van der Waals surface area contributed by atoms with Gasteiger partial charge in [0.15, 0.2) is 0 Å². The summed E-state index contributed by atoms with van der Waals surface area (Å²) in [5.74, 6) is 0.791. The van der Waals surface area contributed by atoms with Crippen LogP contribution in [0.3, 0.4) is 0 Å². The number of rotatable bonds is 2. The maximum atomic E-state index is 6.26. The summed E-state index contributed by atoms with van der Waals surface area (Å²) < 4.78 is 1.17. The number of thioether (sulfide) groups is 1. The highest BCUT2D eigenvalue weighted by Gasteiger charge is 2.35. The Morgan fingerprint density at radius 3 is 2.76 bits per heavy atom. The van der Waals surface area contributed by atoms with Gasteiger partial charge in [0.25, 0.3) is 0 Å². The molecule has 1 aliphatic rings. The molecule has 0 aromatic carbocycles. The molecule has 1 aromatic rings. The molecule has 0 spiro atoms. The lowest BCUT2D eigenvalue weighted by Crippen LogP contribution is -2.41. The van der Waals surface area contributed by atoms with E-state index >= 15 is 0 Å². The van der Waals surface area contributed by atoms with E-state index in [-0.39, 0.29) is 0 Å². The van der Waals surface area contributed by atoms with E-state index in [1.807, 2.05) is 23.3 Å². The molecule has 1 heterocycles. The summed E-state index contributed by atoms with van der Waals surface area (Å²) in [6.45, 7) is 7.04. The normalized spacial score (nSPS) is 30.5. The Kier molecular flexibility index (Phi) is 4.16. The molecule has 0 saturated heterocycles. The summed E-state index contributed by atoms with van der Waals surface area (Å²) in [4.78, 5) is 4.36. The molecule has 1 aromatic heterocycles. The van der Waals surface area contributed by atoms with Crippen LogP contribution in [0.5, 0.6) is 0 Å². The number of nitrogens with two attached hydrogens (primary N) is 1. The van der Waals surface area contributed by atoms with Crippen LogP contribution in [0.1, 0.15) is 40.0 Å². The topological polar surface area (TPSA) is 38.9 Å². The summed E-state index contributed by atoms with van der Waals surface area (Å²) in [6.07, 6.45) is 5.54. The average Bonchev–Trinajstić information content (AvgIpc) is 2.72. The minimum atomic E-state index is 0.336. The lowest BCUT2D eigenvalue weighted by molar-refractivity contribution is 0.174. The molecule has 3 atom stereocenters. The van der Waals surface area contributed by atoms with Crippen molar-refractivity contribution >= 4 is 23.1 Å². The summed E-state index contributed by atoms with van der Waals surface area (Å²) in [5.41, 5.74) is 6.66. The predicted octanol–water partition coefficient (Wildman–Crippen LogP) is 3.78. The predicted molar refractivity (Wildman–Crippen MR) is 76.5 cm³/mol. The van der Waals surface area contributed by atoms with Crippen LogP contribution in [0.15, 0.2) is 15.9 Å². The van der Waals surface area contributed by atoms with E-state index in [4.69, 9.17) is 5.73 Å². The van der Waals surface area contributed by atoms with Crippen molar-refractivity contribution in [2.24, 2.45) is 17.1 Å². The molecule has 96 valence electrons. The van der Waals surface area contributed by atoms with Crippen LogP contribution in [0.25, 0.3) is 0 Å². The second-order valence-corrected chi connectivity index (χ2v) is 8.38. The van der Waals surface area contributed by atoms with Gasteiger partial charge >= 0.3 is 0 Å². The number of nitrogens with zero attached hydrogens (tertiary/aromatic N) is 1. The Labute approximate surface area is 112 Å². The molecule has 2 nitrogen and oxygen atoms in total. The van der Waals surface area contributed by atoms with Crippen molar-refractivity contribution < 1.29 is 0 Å². The number of hydrogen-bond acceptors (Lipinski definition) is 4. The highest BCUT2D eigenvalue weighted by atomic mass is 32.2. The monoisotopic (exact) mass is 270 g/mol. The van der Waals surface area contributed by atoms with Gasteiger partial charge in [-0.3, -0.25) is 0 Å². The van der Waals surface area contributed by atoms with Gasteiger partial charge in [0.05, 0.1) is 0 Å². The zero-order valence-corrected chi connectivity index (χ0v) is 12.5. The third kappa shape index (κ3) is 3.46. The van der Waals surface area contributed by atoms with Crippen molar-refractivity contribution in [2.75, 3.05) is 0 Å². The highest BCUT2D eigenvalue weighted by molar-refractivity contribution is 8.01. The van der Waals surface area contributed by atoms with Crippen molar-refractivity contribution in [2.45, 2.75) is 55.7 Å². The van der Waals surface area contributed by atoms with Crippen molar-refractivity contribution in [3.8, 4) is 0 Å². The van der Waals surface area contributed by atoms with Gasteiger partial charge in [0, 0.05) is 22.9 Å². The third-order valence-electron chi connectivity index (χ3n) is 3.73. The van der Waals surface area contributed by atoms with Crippen LogP contribution in [0.4, 0.5) is 0 Å². The maximum absolute atomic E-state index is 6.26. The van der Waals surface area contributed by atoms with E-state index in [0.717, 1.165) is 12.3 Å². The van der Waals surface area contributed by atoms with Crippen LogP contribution >= 0.6 is 23.1 Å². The highest BCUT2D eigenvalue weighted by Crippen LogP contribution is 2.43. The largest absolute Gasteiger partial charge is 0.327 e. The van der Waals surface area contributed by atoms with Gasteiger partial charge in [-0.15, -0.1) is 11.3 Å². The van der Waals surface area contributed by atoms with Crippen molar-refractivity contribution in [3.63, 3.8) is 0 Å². The molecular weight excluding hydrogens is 248 g/mol. The first-order chi connectivity index (χ1) is 7.97. The molecule has 1 aliphatic carbocycles. The van der Waals surface area contributed by atoms with E-state index in [0.29, 0.717) is 16.7 Å². The van der Waals surface area contributed by atoms with Crippen molar-refractivity contribution in [3.05, 3.63) is 11.6 Å². The second-order valence-electron chi connectivity index (χ2n) is 5.99. The van der Waals surface area contributed by atoms with Gasteiger partial charge < -0.3 is 5.73 Å². The molecule has 0 aliphatic heterocycles. The van der Waals surface area contributed by atoms with Gasteiger partial charge in [-0.1, -0.05) is 32.5 Å². The smallest absolute Gasteiger partial charge is 0.150 e. The zero-order chi connectivity index (χ0) is 12.5. The van der Waals surface area contributed by atoms with E-state index in [9.17, 15) is 0 Å². The first-order valence-corrected chi connectivity index (χ1v) is 8.04. The zero-order valence-electron chi connectivity index (χ0n) is 10.8. The van der Waals surface area contributed by atoms with E-state index < -0.39 is 0 Å². The molecule has 2 rings (SSSR count). The average molecular weight is 270 g/mol. The first kappa shape index (κ1) is 13.4. The van der Waals surface area contributed by atoms with Crippen molar-refractivity contribution in [1.82, 2.24) is 4.98 Å². The molecule has 1 saturated carbocycles. The Morgan fingerprint density at radius 2 is 2.18 bits per heavy atom. The number of thiazole rings is 1. The summed E-state index contributed by atoms with van der Waals surface area (Å²) >= 11 is 3.61. The van der Waals surface area contributed by atoms with E-state index in [1.165, 1.54) is 17.2 Å². The molecule has 17 heavy (non-hydrogen) atoms. The molecule has 0 bridgehead atoms. The summed E-state index contributed by atoms with van der Waals surface area (Å²) in [5, 5.41) is 2.58. The van der Waals surface area contributed by atoms with E-state index in [2.05, 4.69) is 25.8 Å². The van der Waals surface area contributed by atoms with Crippen molar-refractivity contribution in [1.29, 1.82) is 0 Å². The third-order valence-corrected chi connectivity index (χ3v) is 6.02. The fourth-order valence-corrected chi connectivity index (χ4v) is 4.61. The molecule has 3 unspecified atom stereocenters. The second kappa shape index (κ2) is 5.29. The summed E-state index contributed by atoms with van der Waals surface area (Å²) in [7, 11) is 0. The van der Waals surface area contributed by atoms with Gasteiger partial charge in [-0.05, 0) is 30.6 Å². The van der Waals surface area contributed by atoms with Crippen LogP contribution in [-0.2, 0) is 0 Å².